The molecule has 0 aromatic heterocycles. The maximum absolute atomic E-state index is 9.19. The van der Waals surface area contributed by atoms with Gasteiger partial charge in [0.15, 0.2) is 0 Å². The topological polar surface area (TPSA) is 182 Å². The lowest BCUT2D eigenvalue weighted by molar-refractivity contribution is -0.123. The Morgan fingerprint density at radius 2 is 1.00 bits per heavy atom. The Kier molecular flexibility index (Phi) is 13.3. The molecule has 0 radical (unpaired) electrons. The fourth-order valence-electron chi connectivity index (χ4n) is 1.28. The molecule has 0 saturated carbocycles. The highest BCUT2D eigenvalue weighted by Gasteiger charge is 2.29. The van der Waals surface area contributed by atoms with E-state index in [4.69, 9.17) is 40.9 Å². The monoisotopic (exact) mass is 316 g/mol. The van der Waals surface area contributed by atoms with Crippen LogP contribution in [0.25, 0.3) is 0 Å². The van der Waals surface area contributed by atoms with Crippen molar-refractivity contribution in [2.75, 3.05) is 26.4 Å². The van der Waals surface area contributed by atoms with Crippen molar-refractivity contribution < 1.29 is 46.0 Å². The van der Waals surface area contributed by atoms with E-state index in [-0.39, 0.29) is 13.2 Å². The zero-order valence-electron chi connectivity index (χ0n) is 12.1. The molecule has 9 nitrogen and oxygen atoms in total. The summed E-state index contributed by atoms with van der Waals surface area (Å²) in [5.41, 5.74) is -0.899. The van der Waals surface area contributed by atoms with Gasteiger partial charge in [0.2, 0.25) is 0 Å². The molecule has 0 aliphatic rings. The van der Waals surface area contributed by atoms with E-state index in [0.717, 1.165) is 0 Å². The van der Waals surface area contributed by atoms with Gasteiger partial charge in [-0.05, 0) is 19.8 Å². The molecule has 0 aromatic carbocycles. The molecule has 0 spiro atoms. The van der Waals surface area contributed by atoms with Crippen LogP contribution in [0.3, 0.4) is 0 Å². The van der Waals surface area contributed by atoms with Crippen LogP contribution in [0.1, 0.15) is 19.8 Å². The molecule has 0 aliphatic heterocycles. The van der Waals surface area contributed by atoms with Crippen LogP contribution in [0.2, 0.25) is 0 Å². The van der Waals surface area contributed by atoms with Crippen LogP contribution >= 0.6 is 0 Å². The molecule has 9 N–H and O–H groups in total. The molecule has 0 aliphatic carbocycles. The number of hydrogen-bond donors (Lipinski definition) is 9. The van der Waals surface area contributed by atoms with E-state index in [0.29, 0.717) is 12.8 Å². The first-order chi connectivity index (χ1) is 9.66. The minimum absolute atomic E-state index is 0.0347. The molecule has 4 unspecified atom stereocenters. The standard InChI is InChI=1S/C6H14O6.C6H14O3/c7-1-3(9)5(11)6(12)4(10)2-8;1-6(9,2-4-7)3-5-8/h3-12H,1-2H2;7-9H,2-5H2,1H3. The Labute approximate surface area is 123 Å². The van der Waals surface area contributed by atoms with Crippen LogP contribution < -0.4 is 0 Å². The van der Waals surface area contributed by atoms with E-state index in [2.05, 4.69) is 0 Å². The van der Waals surface area contributed by atoms with Gasteiger partial charge in [-0.3, -0.25) is 0 Å². The SMILES string of the molecule is CC(O)(CCO)CCO.OCC(O)C(O)C(O)C(O)CO. The van der Waals surface area contributed by atoms with Crippen molar-refractivity contribution >= 4 is 0 Å². The zero-order valence-corrected chi connectivity index (χ0v) is 12.1. The average molecular weight is 316 g/mol. The second-order valence-electron chi connectivity index (χ2n) is 4.93. The van der Waals surface area contributed by atoms with Crippen LogP contribution in [0.15, 0.2) is 0 Å². The van der Waals surface area contributed by atoms with E-state index in [1.807, 2.05) is 0 Å². The van der Waals surface area contributed by atoms with Gasteiger partial charge in [0.05, 0.1) is 18.8 Å². The van der Waals surface area contributed by atoms with Crippen molar-refractivity contribution in [3.63, 3.8) is 0 Å². The molecule has 0 aromatic rings. The largest absolute Gasteiger partial charge is 0.396 e. The highest BCUT2D eigenvalue weighted by molar-refractivity contribution is 4.79. The molecular formula is C12H28O9. The Morgan fingerprint density at radius 3 is 1.19 bits per heavy atom. The highest BCUT2D eigenvalue weighted by atomic mass is 16.4. The molecule has 0 rings (SSSR count). The van der Waals surface area contributed by atoms with Crippen LogP contribution in [-0.2, 0) is 0 Å². The van der Waals surface area contributed by atoms with Crippen molar-refractivity contribution in [1.29, 1.82) is 0 Å². The van der Waals surface area contributed by atoms with Gasteiger partial charge in [-0.25, -0.2) is 0 Å². The minimum atomic E-state index is -1.67. The fourth-order valence-corrected chi connectivity index (χ4v) is 1.28. The first-order valence-electron chi connectivity index (χ1n) is 6.54. The lowest BCUT2D eigenvalue weighted by Gasteiger charge is -2.24. The summed E-state index contributed by atoms with van der Waals surface area (Å²) >= 11 is 0. The number of aliphatic hydroxyl groups is 9. The smallest absolute Gasteiger partial charge is 0.111 e. The molecule has 0 bridgehead atoms. The van der Waals surface area contributed by atoms with Gasteiger partial charge >= 0.3 is 0 Å². The van der Waals surface area contributed by atoms with E-state index >= 15 is 0 Å². The van der Waals surface area contributed by atoms with Gasteiger partial charge in [-0.1, -0.05) is 0 Å². The Morgan fingerprint density at radius 1 is 0.714 bits per heavy atom. The van der Waals surface area contributed by atoms with Crippen molar-refractivity contribution in [1.82, 2.24) is 0 Å². The van der Waals surface area contributed by atoms with E-state index < -0.39 is 43.2 Å². The van der Waals surface area contributed by atoms with Crippen molar-refractivity contribution in [3.8, 4) is 0 Å². The van der Waals surface area contributed by atoms with Gasteiger partial charge in [-0.15, -0.1) is 0 Å². The Bertz CT molecular complexity index is 215. The molecule has 0 saturated heterocycles. The zero-order chi connectivity index (χ0) is 17.1. The number of aliphatic hydroxyl groups excluding tert-OH is 8. The molecule has 0 heterocycles. The first kappa shape index (κ1) is 22.9. The lowest BCUT2D eigenvalue weighted by atomic mass is 10.00. The van der Waals surface area contributed by atoms with Crippen LogP contribution in [0.5, 0.6) is 0 Å². The fraction of sp³-hybridized carbons (Fsp3) is 1.00. The average Bonchev–Trinajstić information content (AvgIpc) is 2.44. The van der Waals surface area contributed by atoms with Gasteiger partial charge in [0, 0.05) is 13.2 Å². The summed E-state index contributed by atoms with van der Waals surface area (Å²) in [5, 5.41) is 78.1. The quantitative estimate of drug-likeness (QED) is 0.204. The number of rotatable bonds is 9. The third-order valence-electron chi connectivity index (χ3n) is 2.81. The van der Waals surface area contributed by atoms with E-state index in [1.165, 1.54) is 0 Å². The summed E-state index contributed by atoms with van der Waals surface area (Å²) in [4.78, 5) is 0. The lowest BCUT2D eigenvalue weighted by Crippen LogP contribution is -2.46. The van der Waals surface area contributed by atoms with Crippen LogP contribution in [0.4, 0.5) is 0 Å². The van der Waals surface area contributed by atoms with Crippen molar-refractivity contribution in [2.24, 2.45) is 0 Å². The molecule has 0 fully saturated rings. The Balaban J connectivity index is 0. The third kappa shape index (κ3) is 10.9. The normalized spacial score (nSPS) is 17.4. The van der Waals surface area contributed by atoms with Crippen molar-refractivity contribution in [2.45, 2.75) is 49.8 Å². The minimum Gasteiger partial charge on any atom is -0.396 e. The molecule has 9 heteroatoms. The third-order valence-corrected chi connectivity index (χ3v) is 2.81. The summed E-state index contributed by atoms with van der Waals surface area (Å²) in [5.74, 6) is 0. The second kappa shape index (κ2) is 12.2. The van der Waals surface area contributed by atoms with Gasteiger partial charge in [0.25, 0.3) is 0 Å². The molecule has 130 valence electrons. The number of hydrogen-bond acceptors (Lipinski definition) is 9. The van der Waals surface area contributed by atoms with Gasteiger partial charge < -0.3 is 46.0 Å². The van der Waals surface area contributed by atoms with Crippen molar-refractivity contribution in [3.05, 3.63) is 0 Å². The molecule has 4 atom stereocenters. The summed E-state index contributed by atoms with van der Waals surface area (Å²) in [6.45, 7) is 0.0756. The van der Waals surface area contributed by atoms with E-state index in [1.54, 1.807) is 6.92 Å². The van der Waals surface area contributed by atoms with E-state index in [9.17, 15) is 5.11 Å². The predicted octanol–water partition coefficient (Wildman–Crippen LogP) is -4.08. The second-order valence-corrected chi connectivity index (χ2v) is 4.93. The summed E-state index contributed by atoms with van der Waals surface area (Å²) in [6.07, 6.45) is -5.74. The predicted molar refractivity (Wildman–Crippen MR) is 72.2 cm³/mol. The first-order valence-corrected chi connectivity index (χ1v) is 6.54. The highest BCUT2D eigenvalue weighted by Crippen LogP contribution is 2.11. The molecule has 0 amide bonds. The summed E-state index contributed by atoms with van der Waals surface area (Å²) < 4.78 is 0. The van der Waals surface area contributed by atoms with Gasteiger partial charge in [0.1, 0.15) is 24.4 Å². The summed E-state index contributed by atoms with van der Waals surface area (Å²) in [6, 6.07) is 0. The molecular weight excluding hydrogens is 288 g/mol. The van der Waals surface area contributed by atoms with Crippen LogP contribution in [0, 0.1) is 0 Å². The van der Waals surface area contributed by atoms with Gasteiger partial charge in [-0.2, -0.15) is 0 Å². The maximum atomic E-state index is 9.19. The Hall–Kier alpha value is -0.360. The van der Waals surface area contributed by atoms with Crippen LogP contribution in [-0.4, -0.2) is 102 Å². The molecule has 21 heavy (non-hydrogen) atoms. The maximum Gasteiger partial charge on any atom is 0.111 e. The summed E-state index contributed by atoms with van der Waals surface area (Å²) in [7, 11) is 0.